The molecule has 0 aliphatic carbocycles. The Hall–Kier alpha value is -2.78. The van der Waals surface area contributed by atoms with Crippen LogP contribution in [0.15, 0.2) is 48.6 Å². The maximum Gasteiger partial charge on any atom is 0.247 e. The lowest BCUT2D eigenvalue weighted by molar-refractivity contribution is -0.146. The minimum Gasteiger partial charge on any atom is -0.494 e. The molecule has 5 rings (SSSR count). The minimum absolute atomic E-state index is 0.0844. The normalized spacial score (nSPS) is 31.3. The molecule has 0 saturated carbocycles. The van der Waals surface area contributed by atoms with E-state index in [-0.39, 0.29) is 30.2 Å². The topological polar surface area (TPSA) is 90.4 Å². The number of aliphatic hydroxyl groups is 1. The Morgan fingerprint density at radius 1 is 1.00 bits per heavy atom. The molecule has 1 unspecified atom stereocenters. The van der Waals surface area contributed by atoms with Crippen molar-refractivity contribution in [3.05, 3.63) is 48.6 Å². The van der Waals surface area contributed by atoms with Gasteiger partial charge in [-0.25, -0.2) is 0 Å². The average molecular weight is 596 g/mol. The number of fused-ring (bicyclic) bond motifs is 2. The number of hydrogen-bond acceptors (Lipinski definition) is 6. The van der Waals surface area contributed by atoms with Crippen molar-refractivity contribution in [3.63, 3.8) is 0 Å². The number of benzene rings is 1. The number of anilines is 1. The van der Waals surface area contributed by atoms with Crippen LogP contribution in [0.2, 0.25) is 0 Å². The number of thioether (sulfide) groups is 1. The van der Waals surface area contributed by atoms with Crippen LogP contribution in [0.3, 0.4) is 0 Å². The summed E-state index contributed by atoms with van der Waals surface area (Å²) in [6.45, 7) is 12.0. The maximum absolute atomic E-state index is 14.7. The Balaban J connectivity index is 1.60. The SMILES string of the molecule is CCCCN1CC=C[C@]23S[C@]4(C)C=CCN(c5ccc(OCC)cc5)C(=O)[C@@H]4[C@H]2C(=O)N([C@@H](CO)CC(C)C)C3C1=O. The second-order valence-electron chi connectivity index (χ2n) is 12.5. The third-order valence-electron chi connectivity index (χ3n) is 9.17. The molecule has 2 saturated heterocycles. The summed E-state index contributed by atoms with van der Waals surface area (Å²) >= 11 is 1.59. The smallest absolute Gasteiger partial charge is 0.247 e. The van der Waals surface area contributed by atoms with E-state index in [1.54, 1.807) is 21.6 Å². The van der Waals surface area contributed by atoms with Gasteiger partial charge in [-0.05, 0) is 56.9 Å². The second-order valence-corrected chi connectivity index (χ2v) is 14.3. The zero-order valence-electron chi connectivity index (χ0n) is 25.5. The molecule has 8 nitrogen and oxygen atoms in total. The number of ether oxygens (including phenoxy) is 1. The van der Waals surface area contributed by atoms with Gasteiger partial charge in [0, 0.05) is 30.1 Å². The highest BCUT2D eigenvalue weighted by Crippen LogP contribution is 2.66. The van der Waals surface area contributed by atoms with Crippen molar-refractivity contribution >= 4 is 35.2 Å². The molecule has 0 radical (unpaired) electrons. The molecule has 2 fully saturated rings. The zero-order chi connectivity index (χ0) is 30.2. The van der Waals surface area contributed by atoms with E-state index in [1.807, 2.05) is 55.2 Å². The van der Waals surface area contributed by atoms with Crippen molar-refractivity contribution in [1.29, 1.82) is 0 Å². The van der Waals surface area contributed by atoms with Gasteiger partial charge in [0.15, 0.2) is 0 Å². The first-order valence-electron chi connectivity index (χ1n) is 15.4. The number of nitrogens with zero attached hydrogens (tertiary/aromatic N) is 3. The Morgan fingerprint density at radius 3 is 2.36 bits per heavy atom. The van der Waals surface area contributed by atoms with Crippen molar-refractivity contribution in [1.82, 2.24) is 9.80 Å². The summed E-state index contributed by atoms with van der Waals surface area (Å²) in [4.78, 5) is 49.0. The predicted molar refractivity (Wildman–Crippen MR) is 166 cm³/mol. The minimum atomic E-state index is -0.916. The van der Waals surface area contributed by atoms with Crippen molar-refractivity contribution in [2.45, 2.75) is 75.5 Å². The number of likely N-dealkylation sites (tertiary alicyclic amines) is 1. The maximum atomic E-state index is 14.7. The van der Waals surface area contributed by atoms with Gasteiger partial charge in [0.05, 0.1) is 35.8 Å². The molecule has 3 amide bonds. The van der Waals surface area contributed by atoms with Crippen LogP contribution in [0.1, 0.15) is 53.9 Å². The highest BCUT2D eigenvalue weighted by Gasteiger charge is 2.74. The number of amides is 3. The number of rotatable bonds is 10. The van der Waals surface area contributed by atoms with E-state index in [0.717, 1.165) is 24.3 Å². The van der Waals surface area contributed by atoms with Gasteiger partial charge in [0.2, 0.25) is 17.7 Å². The molecule has 1 aromatic carbocycles. The van der Waals surface area contributed by atoms with Gasteiger partial charge in [-0.15, -0.1) is 11.8 Å². The van der Waals surface area contributed by atoms with E-state index in [0.29, 0.717) is 32.7 Å². The average Bonchev–Trinajstić information content (AvgIpc) is 3.23. The molecular formula is C33H45N3O5S. The van der Waals surface area contributed by atoms with E-state index in [4.69, 9.17) is 4.74 Å². The Kier molecular flexibility index (Phi) is 8.82. The van der Waals surface area contributed by atoms with E-state index in [2.05, 4.69) is 32.9 Å². The van der Waals surface area contributed by atoms with Gasteiger partial charge in [-0.1, -0.05) is 51.5 Å². The standard InChI is InChI=1S/C33H45N3O5S/c1-6-8-17-34-18-10-16-33-27(30(39)36(28(33)31(34)40)24(21-37)20-22(3)4)26-29(38)35(19-9-15-32(26,5)42-33)23-11-13-25(14-12-23)41-7-2/h9-16,22,24,26-28,37H,6-8,17-21H2,1-5H3/t24-,26+,27+,28?,32-,33+/m1/s1. The van der Waals surface area contributed by atoms with Crippen LogP contribution in [-0.4, -0.2) is 87.1 Å². The molecule has 4 heterocycles. The van der Waals surface area contributed by atoms with Gasteiger partial charge in [0.25, 0.3) is 0 Å². The number of carbonyl (C=O) groups excluding carboxylic acids is 3. The molecule has 0 bridgehead atoms. The molecule has 4 aliphatic heterocycles. The van der Waals surface area contributed by atoms with Crippen LogP contribution in [-0.2, 0) is 14.4 Å². The fourth-order valence-electron chi connectivity index (χ4n) is 7.39. The van der Waals surface area contributed by atoms with Gasteiger partial charge < -0.3 is 24.5 Å². The van der Waals surface area contributed by atoms with Crippen LogP contribution < -0.4 is 9.64 Å². The summed E-state index contributed by atoms with van der Waals surface area (Å²) in [6, 6.07) is 6.20. The van der Waals surface area contributed by atoms with E-state index < -0.39 is 33.4 Å². The van der Waals surface area contributed by atoms with Crippen LogP contribution in [0.4, 0.5) is 5.69 Å². The monoisotopic (exact) mass is 595 g/mol. The summed E-state index contributed by atoms with van der Waals surface area (Å²) in [6.07, 6.45) is 10.6. The van der Waals surface area contributed by atoms with E-state index in [1.165, 1.54) is 0 Å². The highest BCUT2D eigenvalue weighted by molar-refractivity contribution is 8.02. The number of aliphatic hydroxyl groups excluding tert-OH is 1. The zero-order valence-corrected chi connectivity index (χ0v) is 26.3. The van der Waals surface area contributed by atoms with Gasteiger partial charge in [-0.2, -0.15) is 0 Å². The summed E-state index contributed by atoms with van der Waals surface area (Å²) in [5, 5.41) is 10.6. The second kappa shape index (κ2) is 12.1. The third kappa shape index (κ3) is 5.06. The predicted octanol–water partition coefficient (Wildman–Crippen LogP) is 4.28. The lowest BCUT2D eigenvalue weighted by atomic mass is 9.74. The number of unbranched alkanes of at least 4 members (excludes halogenated alkanes) is 1. The third-order valence-corrected chi connectivity index (χ3v) is 11.0. The highest BCUT2D eigenvalue weighted by atomic mass is 32.2. The number of carbonyl (C=O) groups is 3. The first-order valence-corrected chi connectivity index (χ1v) is 16.2. The van der Waals surface area contributed by atoms with Crippen LogP contribution in [0, 0.1) is 17.8 Å². The largest absolute Gasteiger partial charge is 0.494 e. The van der Waals surface area contributed by atoms with Gasteiger partial charge in [0.1, 0.15) is 11.8 Å². The fraction of sp³-hybridized carbons (Fsp3) is 0.606. The first kappa shape index (κ1) is 30.7. The molecule has 42 heavy (non-hydrogen) atoms. The lowest BCUT2D eigenvalue weighted by Gasteiger charge is -2.40. The molecule has 9 heteroatoms. The molecule has 1 aromatic rings. The molecular weight excluding hydrogens is 550 g/mol. The molecule has 6 atom stereocenters. The molecule has 4 aliphatic rings. The van der Waals surface area contributed by atoms with Gasteiger partial charge in [-0.3, -0.25) is 14.4 Å². The van der Waals surface area contributed by atoms with Gasteiger partial charge >= 0.3 is 0 Å². The quantitative estimate of drug-likeness (QED) is 0.406. The first-order chi connectivity index (χ1) is 20.1. The van der Waals surface area contributed by atoms with Crippen molar-refractivity contribution in [3.8, 4) is 5.75 Å². The Labute approximate surface area is 254 Å². The molecule has 0 aromatic heterocycles. The summed E-state index contributed by atoms with van der Waals surface area (Å²) in [5.74, 6) is -0.859. The lowest BCUT2D eigenvalue weighted by Crippen LogP contribution is -2.57. The fourth-order valence-corrected chi connectivity index (χ4v) is 9.54. The van der Waals surface area contributed by atoms with Crippen LogP contribution in [0.25, 0.3) is 0 Å². The summed E-state index contributed by atoms with van der Waals surface area (Å²) in [5.41, 5.74) is 0.744. The Bertz CT molecular complexity index is 1250. The number of hydrogen-bond donors (Lipinski definition) is 1. The molecule has 1 N–H and O–H groups in total. The van der Waals surface area contributed by atoms with Crippen molar-refractivity contribution < 1.29 is 24.2 Å². The molecule has 228 valence electrons. The van der Waals surface area contributed by atoms with E-state index >= 15 is 0 Å². The van der Waals surface area contributed by atoms with Crippen LogP contribution in [0.5, 0.6) is 5.75 Å². The van der Waals surface area contributed by atoms with Crippen molar-refractivity contribution in [2.24, 2.45) is 17.8 Å². The van der Waals surface area contributed by atoms with Crippen molar-refractivity contribution in [2.75, 3.05) is 37.7 Å². The van der Waals surface area contributed by atoms with Crippen LogP contribution >= 0.6 is 11.8 Å². The summed E-state index contributed by atoms with van der Waals surface area (Å²) < 4.78 is 4.01. The summed E-state index contributed by atoms with van der Waals surface area (Å²) in [7, 11) is 0. The van der Waals surface area contributed by atoms with E-state index in [9.17, 15) is 19.5 Å². The Morgan fingerprint density at radius 2 is 1.71 bits per heavy atom. The molecule has 1 spiro atoms.